The molecule has 0 aliphatic carbocycles. The van der Waals surface area contributed by atoms with Gasteiger partial charge in [0.25, 0.3) is 0 Å². The fourth-order valence-electron chi connectivity index (χ4n) is 7.10. The summed E-state index contributed by atoms with van der Waals surface area (Å²) in [5.41, 5.74) is 10.4. The van der Waals surface area contributed by atoms with Gasteiger partial charge in [0.15, 0.2) is 0 Å². The molecule has 2 heterocycles. The number of carbonyl (C=O) groups excluding carboxylic acids is 2. The van der Waals surface area contributed by atoms with E-state index in [9.17, 15) is 9.59 Å². The summed E-state index contributed by atoms with van der Waals surface area (Å²) < 4.78 is 0. The van der Waals surface area contributed by atoms with Crippen LogP contribution in [0.4, 0.5) is 0 Å². The first-order valence-corrected chi connectivity index (χ1v) is 19.7. The van der Waals surface area contributed by atoms with Crippen molar-refractivity contribution in [2.24, 2.45) is 11.8 Å². The van der Waals surface area contributed by atoms with Crippen molar-refractivity contribution in [2.45, 2.75) is 107 Å². The summed E-state index contributed by atoms with van der Waals surface area (Å²) in [4.78, 5) is 32.6. The second-order valence-corrected chi connectivity index (χ2v) is 14.8. The van der Waals surface area contributed by atoms with E-state index in [1.807, 2.05) is 46.2 Å². The number of fused-ring (bicyclic) bond motifs is 2. The number of pyridine rings is 2. The average molecular weight is 911 g/mol. The van der Waals surface area contributed by atoms with E-state index in [0.29, 0.717) is 5.92 Å². The van der Waals surface area contributed by atoms with Gasteiger partial charge in [0, 0.05) is 44.3 Å². The zero-order chi connectivity index (χ0) is 39.4. The van der Waals surface area contributed by atoms with Crippen molar-refractivity contribution >= 4 is 33.1 Å². The third-order valence-electron chi connectivity index (χ3n) is 10.2. The monoisotopic (exact) mass is 911 g/mol. The quantitative estimate of drug-likeness (QED) is 0.0960. The number of aryl methyl sites for hydroxylation is 4. The van der Waals surface area contributed by atoms with E-state index < -0.39 is 0 Å². The van der Waals surface area contributed by atoms with E-state index in [-0.39, 0.29) is 49.9 Å². The van der Waals surface area contributed by atoms with Crippen LogP contribution in [-0.4, -0.2) is 21.5 Å². The second kappa shape index (κ2) is 21.7. The Bertz CT molecular complexity index is 2110. The van der Waals surface area contributed by atoms with Crippen LogP contribution in [0.5, 0.6) is 0 Å². The third-order valence-corrected chi connectivity index (χ3v) is 10.2. The summed E-state index contributed by atoms with van der Waals surface area (Å²) in [6.45, 7) is 20.9. The first-order chi connectivity index (χ1) is 25.9. The molecule has 0 spiro atoms. The molecule has 0 unspecified atom stereocenters. The van der Waals surface area contributed by atoms with Crippen LogP contribution in [0.25, 0.3) is 44.1 Å². The van der Waals surface area contributed by atoms with Crippen LogP contribution in [0, 0.1) is 51.7 Å². The van der Waals surface area contributed by atoms with Gasteiger partial charge in [-0.3, -0.25) is 9.59 Å². The molecule has 1 radical (unpaired) electrons. The van der Waals surface area contributed by atoms with Crippen molar-refractivity contribution in [1.82, 2.24) is 9.97 Å². The smallest absolute Gasteiger partial charge is 0.143 e. The number of hydrogen-bond acceptors (Lipinski definition) is 4. The molecule has 6 rings (SSSR count). The van der Waals surface area contributed by atoms with Gasteiger partial charge in [-0.05, 0) is 82.2 Å². The molecular weight excluding hydrogens is 853 g/mol. The molecule has 0 fully saturated rings. The SMILES string of the molecule is CCC(CC)C(=O)CC(=O)C(CC)CC.Cc1[c-]c(-c2nccc3cc(C(C)C)ccc23)cc(C)c1.Cc1[c-]c(-c2nccc3ccccc23)cc(C)c1.[Ir]. The third kappa shape index (κ3) is 12.3. The molecule has 0 aliphatic heterocycles. The van der Waals surface area contributed by atoms with Crippen molar-refractivity contribution in [3.8, 4) is 22.5 Å². The van der Waals surface area contributed by atoms with E-state index in [2.05, 4.69) is 136 Å². The largest absolute Gasteiger partial charge is 0.304 e. The second-order valence-electron chi connectivity index (χ2n) is 14.8. The van der Waals surface area contributed by atoms with Gasteiger partial charge in [0.2, 0.25) is 0 Å². The molecule has 55 heavy (non-hydrogen) atoms. The van der Waals surface area contributed by atoms with Crippen LogP contribution < -0.4 is 0 Å². The minimum absolute atomic E-state index is 0. The maximum Gasteiger partial charge on any atom is 0.143 e. The Balaban J connectivity index is 0.000000223. The zero-order valence-electron chi connectivity index (χ0n) is 34.5. The standard InChI is InChI=1S/C20H20N.C17H14N.C13H24O2.Ir/c1-13(2)16-5-6-19-17(12-16)7-8-21-20(19)18-10-14(3)9-15(4)11-18;1-12-9-13(2)11-15(10-12)17-16-6-4-3-5-14(16)7-8-18-17;1-5-10(6-2)12(14)9-13(15)11(7-3)8-4;/h5-10,12-13H,1-4H3;3-10H,1-2H3;10-11H,5-9H2,1-4H3;/q2*-1;;. The number of Topliss-reactive ketones (excluding diaryl/α,β-unsaturated/α-hetero) is 2. The summed E-state index contributed by atoms with van der Waals surface area (Å²) in [5, 5.41) is 4.85. The Kier molecular flexibility index (Phi) is 17.8. The van der Waals surface area contributed by atoms with Gasteiger partial charge in [-0.2, -0.15) is 0 Å². The Morgan fingerprint density at radius 1 is 0.582 bits per heavy atom. The van der Waals surface area contributed by atoms with Gasteiger partial charge >= 0.3 is 0 Å². The number of benzene rings is 4. The minimum Gasteiger partial charge on any atom is -0.304 e. The predicted molar refractivity (Wildman–Crippen MR) is 228 cm³/mol. The molecule has 0 saturated heterocycles. The van der Waals surface area contributed by atoms with Crippen molar-refractivity contribution < 1.29 is 29.7 Å². The van der Waals surface area contributed by atoms with E-state index in [0.717, 1.165) is 59.3 Å². The van der Waals surface area contributed by atoms with Gasteiger partial charge in [-0.15, -0.1) is 69.8 Å². The number of hydrogen-bond donors (Lipinski definition) is 0. The molecule has 0 N–H and O–H groups in total. The average Bonchev–Trinajstić information content (AvgIpc) is 3.15. The summed E-state index contributed by atoms with van der Waals surface area (Å²) in [7, 11) is 0. The van der Waals surface area contributed by atoms with Crippen molar-refractivity contribution in [3.63, 3.8) is 0 Å². The maximum absolute atomic E-state index is 11.7. The van der Waals surface area contributed by atoms with Gasteiger partial charge in [-0.1, -0.05) is 112 Å². The molecule has 0 aliphatic rings. The van der Waals surface area contributed by atoms with Crippen molar-refractivity contribution in [3.05, 3.63) is 131 Å². The Hall–Kier alpha value is -4.31. The number of nitrogens with zero attached hydrogens (tertiary/aromatic N) is 2. The molecule has 0 saturated carbocycles. The molecule has 0 bridgehead atoms. The Labute approximate surface area is 344 Å². The molecule has 291 valence electrons. The molecule has 0 amide bonds. The summed E-state index contributed by atoms with van der Waals surface area (Å²) >= 11 is 0. The molecule has 4 aromatic carbocycles. The van der Waals surface area contributed by atoms with Gasteiger partial charge in [-0.25, -0.2) is 0 Å². The number of aromatic nitrogens is 2. The van der Waals surface area contributed by atoms with Crippen molar-refractivity contribution in [1.29, 1.82) is 0 Å². The summed E-state index contributed by atoms with van der Waals surface area (Å²) in [5.74, 6) is 0.985. The van der Waals surface area contributed by atoms with Gasteiger partial charge in [0.05, 0.1) is 6.42 Å². The van der Waals surface area contributed by atoms with Crippen LogP contribution in [0.1, 0.15) is 107 Å². The van der Waals surface area contributed by atoms with E-state index in [1.54, 1.807) is 0 Å². The van der Waals surface area contributed by atoms with Crippen LogP contribution >= 0.6 is 0 Å². The molecule has 6 aromatic rings. The van der Waals surface area contributed by atoms with Crippen LogP contribution in [0.2, 0.25) is 0 Å². The fourth-order valence-corrected chi connectivity index (χ4v) is 7.10. The first kappa shape index (κ1) is 45.1. The van der Waals surface area contributed by atoms with Gasteiger partial charge in [0.1, 0.15) is 11.6 Å². The van der Waals surface area contributed by atoms with Crippen LogP contribution in [-0.2, 0) is 29.7 Å². The van der Waals surface area contributed by atoms with E-state index >= 15 is 0 Å². The first-order valence-electron chi connectivity index (χ1n) is 19.7. The Morgan fingerprint density at radius 3 is 1.49 bits per heavy atom. The van der Waals surface area contributed by atoms with Crippen LogP contribution in [0.3, 0.4) is 0 Å². The molecule has 5 heteroatoms. The summed E-state index contributed by atoms with van der Waals surface area (Å²) in [6.07, 6.45) is 7.32. The molecular formula is C50H58IrN2O2-2. The fraction of sp³-hybridized carbons (Fsp3) is 0.360. The van der Waals surface area contributed by atoms with E-state index in [1.165, 1.54) is 38.2 Å². The number of ketones is 2. The minimum atomic E-state index is 0. The summed E-state index contributed by atoms with van der Waals surface area (Å²) in [6, 6.07) is 34.5. The van der Waals surface area contributed by atoms with Gasteiger partial charge < -0.3 is 9.97 Å². The topological polar surface area (TPSA) is 59.9 Å². The molecule has 4 nitrogen and oxygen atoms in total. The molecule has 0 atom stereocenters. The normalized spacial score (nSPS) is 10.9. The van der Waals surface area contributed by atoms with Crippen molar-refractivity contribution in [2.75, 3.05) is 0 Å². The van der Waals surface area contributed by atoms with Crippen LogP contribution in [0.15, 0.2) is 91.3 Å². The number of carbonyl (C=O) groups is 2. The Morgan fingerprint density at radius 2 is 1.04 bits per heavy atom. The predicted octanol–water partition coefficient (Wildman–Crippen LogP) is 13.1. The molecule has 2 aromatic heterocycles. The zero-order valence-corrected chi connectivity index (χ0v) is 36.9. The van der Waals surface area contributed by atoms with E-state index in [4.69, 9.17) is 0 Å². The number of rotatable bonds is 11. The maximum atomic E-state index is 11.7.